The average Bonchev–Trinajstić information content (AvgIpc) is 2.59. The number of halogens is 1. The second kappa shape index (κ2) is 7.62. The van der Waals surface area contributed by atoms with Crippen molar-refractivity contribution in [2.24, 2.45) is 0 Å². The molecule has 0 aromatic heterocycles. The molecule has 1 aliphatic heterocycles. The van der Waals surface area contributed by atoms with Crippen LogP contribution in [0.15, 0.2) is 54.6 Å². The molecule has 1 fully saturated rings. The number of hydrogen-bond donors (Lipinski definition) is 2. The minimum atomic E-state index is 0.0387. The van der Waals surface area contributed by atoms with Crippen LogP contribution in [0.3, 0.4) is 0 Å². The van der Waals surface area contributed by atoms with E-state index in [-0.39, 0.29) is 11.9 Å². The van der Waals surface area contributed by atoms with Crippen LogP contribution in [0, 0.1) is 0 Å². The molecule has 1 aliphatic rings. The summed E-state index contributed by atoms with van der Waals surface area (Å²) in [6, 6.07) is 17.8. The number of benzene rings is 2. The number of hydrogen-bond acceptors (Lipinski definition) is 1. The summed E-state index contributed by atoms with van der Waals surface area (Å²) < 4.78 is 0. The van der Waals surface area contributed by atoms with Crippen LogP contribution < -0.4 is 10.2 Å². The molecule has 3 nitrogen and oxygen atoms in total. The summed E-state index contributed by atoms with van der Waals surface area (Å²) in [7, 11) is 0. The zero-order valence-corrected chi connectivity index (χ0v) is 13.9. The van der Waals surface area contributed by atoms with E-state index in [4.69, 9.17) is 11.6 Å². The van der Waals surface area contributed by atoms with E-state index in [1.54, 1.807) is 4.90 Å². The molecule has 1 amide bonds. The lowest BCUT2D eigenvalue weighted by atomic mass is 10.0. The van der Waals surface area contributed by atoms with Crippen LogP contribution >= 0.6 is 11.6 Å². The molecule has 23 heavy (non-hydrogen) atoms. The Hall–Kier alpha value is -1.84. The highest BCUT2D eigenvalue weighted by molar-refractivity contribution is 6.30. The maximum absolute atomic E-state index is 12.2. The molecule has 0 aliphatic carbocycles. The Bertz CT molecular complexity index is 634. The van der Waals surface area contributed by atoms with Gasteiger partial charge in [-0.2, -0.15) is 0 Å². The highest BCUT2D eigenvalue weighted by Crippen LogP contribution is 2.09. The lowest BCUT2D eigenvalue weighted by Gasteiger charge is -2.29. The van der Waals surface area contributed by atoms with Gasteiger partial charge < -0.3 is 10.2 Å². The van der Waals surface area contributed by atoms with E-state index in [0.717, 1.165) is 43.1 Å². The Balaban J connectivity index is 1.47. The molecule has 0 spiro atoms. The standard InChI is InChI=1S/C19H21ClN2O/c20-17-8-6-15(7-9-17)14-22-12-10-18(11-13-22)21-19(23)16-4-2-1-3-5-16/h1-9,18H,10-14H2,(H,21,23)/p+1. The van der Waals surface area contributed by atoms with E-state index in [0.29, 0.717) is 0 Å². The highest BCUT2D eigenvalue weighted by atomic mass is 35.5. The fourth-order valence-electron chi connectivity index (χ4n) is 3.10. The Morgan fingerprint density at radius 1 is 1.04 bits per heavy atom. The molecular formula is C19H22ClN2O+. The first-order valence-corrected chi connectivity index (χ1v) is 8.52. The third kappa shape index (κ3) is 4.57. The number of carbonyl (C=O) groups excluding carboxylic acids is 1. The van der Waals surface area contributed by atoms with E-state index < -0.39 is 0 Å². The monoisotopic (exact) mass is 329 g/mol. The SMILES string of the molecule is O=C(NC1CC[NH+](Cc2ccc(Cl)cc2)CC1)c1ccccc1. The number of quaternary nitrogens is 1. The van der Waals surface area contributed by atoms with Crippen molar-refractivity contribution in [2.75, 3.05) is 13.1 Å². The molecule has 2 N–H and O–H groups in total. The Morgan fingerprint density at radius 2 is 1.70 bits per heavy atom. The molecule has 0 radical (unpaired) electrons. The van der Waals surface area contributed by atoms with Gasteiger partial charge in [-0.05, 0) is 24.3 Å². The van der Waals surface area contributed by atoms with Crippen molar-refractivity contribution in [2.45, 2.75) is 25.4 Å². The first kappa shape index (κ1) is 16.0. The summed E-state index contributed by atoms with van der Waals surface area (Å²) in [6.45, 7) is 3.20. The summed E-state index contributed by atoms with van der Waals surface area (Å²) in [5.74, 6) is 0.0387. The Kier molecular flexibility index (Phi) is 5.31. The largest absolute Gasteiger partial charge is 0.349 e. The van der Waals surface area contributed by atoms with Crippen molar-refractivity contribution in [3.63, 3.8) is 0 Å². The number of rotatable bonds is 4. The molecule has 4 heteroatoms. The molecule has 1 saturated heterocycles. The van der Waals surface area contributed by atoms with E-state index in [1.165, 1.54) is 5.56 Å². The van der Waals surface area contributed by atoms with Gasteiger partial charge in [-0.1, -0.05) is 41.9 Å². The number of likely N-dealkylation sites (tertiary alicyclic amines) is 1. The molecule has 1 heterocycles. The van der Waals surface area contributed by atoms with E-state index in [1.807, 2.05) is 42.5 Å². The van der Waals surface area contributed by atoms with Crippen molar-refractivity contribution in [1.82, 2.24) is 5.32 Å². The second-order valence-corrected chi connectivity index (χ2v) is 6.60. The Labute approximate surface area is 142 Å². The summed E-state index contributed by atoms with van der Waals surface area (Å²) in [5, 5.41) is 3.94. The average molecular weight is 330 g/mol. The quantitative estimate of drug-likeness (QED) is 0.887. The summed E-state index contributed by atoms with van der Waals surface area (Å²) in [4.78, 5) is 13.8. The lowest BCUT2D eigenvalue weighted by Crippen LogP contribution is -3.12. The van der Waals surface area contributed by atoms with Crippen molar-refractivity contribution in [3.05, 3.63) is 70.7 Å². The number of nitrogens with one attached hydrogen (secondary N) is 2. The summed E-state index contributed by atoms with van der Waals surface area (Å²) >= 11 is 5.93. The molecule has 0 atom stereocenters. The fourth-order valence-corrected chi connectivity index (χ4v) is 3.22. The third-order valence-electron chi connectivity index (χ3n) is 4.43. The Morgan fingerprint density at radius 3 is 2.35 bits per heavy atom. The molecule has 2 aromatic rings. The third-order valence-corrected chi connectivity index (χ3v) is 4.68. The minimum absolute atomic E-state index is 0.0387. The minimum Gasteiger partial charge on any atom is -0.349 e. The van der Waals surface area contributed by atoms with Gasteiger partial charge in [0.25, 0.3) is 5.91 Å². The molecule has 2 aromatic carbocycles. The number of amides is 1. The van der Waals surface area contributed by atoms with Gasteiger partial charge in [0, 0.05) is 35.0 Å². The van der Waals surface area contributed by atoms with Crippen LogP contribution in [-0.2, 0) is 6.54 Å². The van der Waals surface area contributed by atoms with Gasteiger partial charge in [0.15, 0.2) is 0 Å². The van der Waals surface area contributed by atoms with Crippen LogP contribution in [0.25, 0.3) is 0 Å². The van der Waals surface area contributed by atoms with Gasteiger partial charge in [-0.3, -0.25) is 4.79 Å². The van der Waals surface area contributed by atoms with Crippen molar-refractivity contribution in [3.8, 4) is 0 Å². The highest BCUT2D eigenvalue weighted by Gasteiger charge is 2.23. The van der Waals surface area contributed by atoms with E-state index >= 15 is 0 Å². The van der Waals surface area contributed by atoms with Crippen LogP contribution in [-0.4, -0.2) is 25.0 Å². The van der Waals surface area contributed by atoms with Gasteiger partial charge in [0.05, 0.1) is 13.1 Å². The van der Waals surface area contributed by atoms with Crippen LogP contribution in [0.4, 0.5) is 0 Å². The predicted molar refractivity (Wildman–Crippen MR) is 92.8 cm³/mol. The molecule has 0 bridgehead atoms. The summed E-state index contributed by atoms with van der Waals surface area (Å²) in [5.41, 5.74) is 2.06. The molecule has 0 unspecified atom stereocenters. The zero-order valence-electron chi connectivity index (χ0n) is 13.1. The van der Waals surface area contributed by atoms with Crippen molar-refractivity contribution in [1.29, 1.82) is 0 Å². The maximum atomic E-state index is 12.2. The number of carbonyl (C=O) groups is 1. The first-order valence-electron chi connectivity index (χ1n) is 8.14. The van der Waals surface area contributed by atoms with Crippen LogP contribution in [0.2, 0.25) is 5.02 Å². The predicted octanol–water partition coefficient (Wildman–Crippen LogP) is 2.32. The molecule has 0 saturated carbocycles. The van der Waals surface area contributed by atoms with Crippen molar-refractivity contribution < 1.29 is 9.69 Å². The van der Waals surface area contributed by atoms with Gasteiger partial charge >= 0.3 is 0 Å². The fraction of sp³-hybridized carbons (Fsp3) is 0.316. The molecular weight excluding hydrogens is 308 g/mol. The van der Waals surface area contributed by atoms with Gasteiger partial charge in [0.2, 0.25) is 0 Å². The normalized spacial score (nSPS) is 20.9. The zero-order chi connectivity index (χ0) is 16.1. The number of piperidine rings is 1. The van der Waals surface area contributed by atoms with Crippen LogP contribution in [0.1, 0.15) is 28.8 Å². The molecule has 120 valence electrons. The van der Waals surface area contributed by atoms with Gasteiger partial charge in [0.1, 0.15) is 6.54 Å². The van der Waals surface area contributed by atoms with Crippen molar-refractivity contribution >= 4 is 17.5 Å². The second-order valence-electron chi connectivity index (χ2n) is 6.17. The smallest absolute Gasteiger partial charge is 0.251 e. The topological polar surface area (TPSA) is 33.5 Å². The summed E-state index contributed by atoms with van der Waals surface area (Å²) in [6.07, 6.45) is 2.06. The van der Waals surface area contributed by atoms with Gasteiger partial charge in [-0.15, -0.1) is 0 Å². The molecule has 3 rings (SSSR count). The van der Waals surface area contributed by atoms with Crippen LogP contribution in [0.5, 0.6) is 0 Å². The van der Waals surface area contributed by atoms with E-state index in [2.05, 4.69) is 17.4 Å². The maximum Gasteiger partial charge on any atom is 0.251 e. The van der Waals surface area contributed by atoms with Gasteiger partial charge in [-0.25, -0.2) is 0 Å². The first-order chi connectivity index (χ1) is 11.2. The van der Waals surface area contributed by atoms with E-state index in [9.17, 15) is 4.79 Å². The lowest BCUT2D eigenvalue weighted by molar-refractivity contribution is -0.918.